The molecule has 138 valence electrons. The van der Waals surface area contributed by atoms with Crippen molar-refractivity contribution in [1.82, 2.24) is 20.1 Å². The van der Waals surface area contributed by atoms with E-state index in [1.54, 1.807) is 18.3 Å². The number of carbonyl (C=O) groups is 1. The van der Waals surface area contributed by atoms with Crippen molar-refractivity contribution >= 4 is 17.5 Å². The Hall–Kier alpha value is -2.90. The molecule has 3 heterocycles. The first kappa shape index (κ1) is 17.9. The van der Waals surface area contributed by atoms with Gasteiger partial charge in [0.1, 0.15) is 5.82 Å². The average Bonchev–Trinajstić information content (AvgIpc) is 2.69. The summed E-state index contributed by atoms with van der Waals surface area (Å²) in [4.78, 5) is 20.8. The summed E-state index contributed by atoms with van der Waals surface area (Å²) in [5.41, 5.74) is 0.580. The lowest BCUT2D eigenvalue weighted by molar-refractivity contribution is 0.0746. The maximum atomic E-state index is 12.6. The first-order chi connectivity index (χ1) is 12.7. The van der Waals surface area contributed by atoms with Crippen LogP contribution in [-0.2, 0) is 0 Å². The number of piperazine rings is 1. The van der Waals surface area contributed by atoms with Crippen molar-refractivity contribution in [2.45, 2.75) is 13.8 Å². The van der Waals surface area contributed by atoms with E-state index in [4.69, 9.17) is 4.74 Å². The lowest BCUT2D eigenvalue weighted by Crippen LogP contribution is -2.49. The van der Waals surface area contributed by atoms with Gasteiger partial charge in [-0.25, -0.2) is 4.98 Å². The molecule has 1 saturated heterocycles. The number of nitrogens with one attached hydrogen (secondary N) is 1. The summed E-state index contributed by atoms with van der Waals surface area (Å²) in [6.45, 7) is 8.03. The number of nitrogens with zero attached hydrogens (tertiary/aromatic N) is 5. The highest BCUT2D eigenvalue weighted by atomic mass is 16.5. The second-order valence-corrected chi connectivity index (χ2v) is 5.90. The second-order valence-electron chi connectivity index (χ2n) is 5.90. The van der Waals surface area contributed by atoms with E-state index in [2.05, 4.69) is 25.4 Å². The van der Waals surface area contributed by atoms with Crippen LogP contribution in [-0.4, -0.2) is 65.3 Å². The Labute approximate surface area is 153 Å². The molecule has 0 radical (unpaired) electrons. The summed E-state index contributed by atoms with van der Waals surface area (Å²) < 4.78 is 5.31. The minimum Gasteiger partial charge on any atom is -0.478 e. The number of anilines is 2. The molecule has 0 atom stereocenters. The summed E-state index contributed by atoms with van der Waals surface area (Å²) in [5, 5.41) is 11.6. The maximum absolute atomic E-state index is 12.6. The summed E-state index contributed by atoms with van der Waals surface area (Å²) in [5.74, 6) is 2.14. The molecule has 1 aliphatic heterocycles. The predicted octanol–water partition coefficient (Wildman–Crippen LogP) is 1.66. The number of hydrogen-bond donors (Lipinski definition) is 1. The molecule has 0 saturated carbocycles. The van der Waals surface area contributed by atoms with Crippen LogP contribution in [0.2, 0.25) is 0 Å². The van der Waals surface area contributed by atoms with Crippen LogP contribution in [0.4, 0.5) is 11.6 Å². The molecule has 1 amide bonds. The zero-order chi connectivity index (χ0) is 18.4. The van der Waals surface area contributed by atoms with Gasteiger partial charge in [-0.15, -0.1) is 10.2 Å². The number of rotatable bonds is 6. The Balaban J connectivity index is 1.56. The van der Waals surface area contributed by atoms with E-state index in [0.717, 1.165) is 31.3 Å². The summed E-state index contributed by atoms with van der Waals surface area (Å²) in [6, 6.07) is 7.37. The highest BCUT2D eigenvalue weighted by Gasteiger charge is 2.23. The molecule has 0 bridgehead atoms. The number of amides is 1. The Kier molecular flexibility index (Phi) is 5.83. The second kappa shape index (κ2) is 8.46. The molecule has 1 aliphatic rings. The SMILES string of the molecule is CCNc1ccc(N2CCN(C(=O)c3ccc(OCC)nc3)CC2)nn1. The van der Waals surface area contributed by atoms with Crippen molar-refractivity contribution in [3.05, 3.63) is 36.0 Å². The Morgan fingerprint density at radius 2 is 1.92 bits per heavy atom. The van der Waals surface area contributed by atoms with Gasteiger partial charge in [-0.05, 0) is 32.0 Å². The van der Waals surface area contributed by atoms with Crippen LogP contribution >= 0.6 is 0 Å². The van der Waals surface area contributed by atoms with Gasteiger partial charge in [-0.1, -0.05) is 0 Å². The fourth-order valence-corrected chi connectivity index (χ4v) is 2.83. The zero-order valence-electron chi connectivity index (χ0n) is 15.2. The van der Waals surface area contributed by atoms with Crippen LogP contribution in [0.25, 0.3) is 0 Å². The molecule has 8 heteroatoms. The van der Waals surface area contributed by atoms with Gasteiger partial charge in [0.25, 0.3) is 5.91 Å². The summed E-state index contributed by atoms with van der Waals surface area (Å²) in [7, 11) is 0. The standard InChI is InChI=1S/C18H24N6O2/c1-3-19-15-6-7-16(22-21-15)23-9-11-24(12-10-23)18(25)14-5-8-17(20-13-14)26-4-2/h5-8,13H,3-4,9-12H2,1-2H3,(H,19,21). The lowest BCUT2D eigenvalue weighted by Gasteiger charge is -2.35. The van der Waals surface area contributed by atoms with Crippen LogP contribution < -0.4 is 15.0 Å². The van der Waals surface area contributed by atoms with Gasteiger partial charge >= 0.3 is 0 Å². The zero-order valence-corrected chi connectivity index (χ0v) is 15.2. The van der Waals surface area contributed by atoms with Gasteiger partial charge in [0.2, 0.25) is 5.88 Å². The largest absolute Gasteiger partial charge is 0.478 e. The number of hydrogen-bond acceptors (Lipinski definition) is 7. The smallest absolute Gasteiger partial charge is 0.255 e. The Morgan fingerprint density at radius 1 is 1.12 bits per heavy atom. The van der Waals surface area contributed by atoms with Gasteiger partial charge < -0.3 is 19.9 Å². The van der Waals surface area contributed by atoms with Crippen molar-refractivity contribution in [2.24, 2.45) is 0 Å². The highest BCUT2D eigenvalue weighted by Crippen LogP contribution is 2.16. The number of ether oxygens (including phenoxy) is 1. The average molecular weight is 356 g/mol. The van der Waals surface area contributed by atoms with E-state index < -0.39 is 0 Å². The van der Waals surface area contributed by atoms with Gasteiger partial charge in [-0.3, -0.25) is 4.79 Å². The molecule has 8 nitrogen and oxygen atoms in total. The predicted molar refractivity (Wildman–Crippen MR) is 99.7 cm³/mol. The van der Waals surface area contributed by atoms with Crippen molar-refractivity contribution in [2.75, 3.05) is 49.5 Å². The van der Waals surface area contributed by atoms with Gasteiger partial charge in [0.05, 0.1) is 12.2 Å². The van der Waals surface area contributed by atoms with Crippen LogP contribution in [0.3, 0.4) is 0 Å². The molecule has 1 N–H and O–H groups in total. The van der Waals surface area contributed by atoms with Crippen molar-refractivity contribution in [3.8, 4) is 5.88 Å². The molecular weight excluding hydrogens is 332 g/mol. The van der Waals surface area contributed by atoms with Gasteiger partial charge in [0, 0.05) is 45.0 Å². The summed E-state index contributed by atoms with van der Waals surface area (Å²) >= 11 is 0. The summed E-state index contributed by atoms with van der Waals surface area (Å²) in [6.07, 6.45) is 1.57. The third-order valence-corrected chi connectivity index (χ3v) is 4.17. The number of pyridine rings is 1. The van der Waals surface area contributed by atoms with Crippen LogP contribution in [0.5, 0.6) is 5.88 Å². The molecule has 3 rings (SSSR count). The monoisotopic (exact) mass is 356 g/mol. The minimum absolute atomic E-state index is 0.00576. The van der Waals surface area contributed by atoms with Gasteiger partial charge in [0.15, 0.2) is 5.82 Å². The normalized spacial score (nSPS) is 14.2. The Morgan fingerprint density at radius 3 is 2.50 bits per heavy atom. The van der Waals surface area contributed by atoms with E-state index in [0.29, 0.717) is 31.1 Å². The maximum Gasteiger partial charge on any atom is 0.255 e. The number of aromatic nitrogens is 3. The molecule has 1 fully saturated rings. The van der Waals surface area contributed by atoms with Crippen LogP contribution in [0.15, 0.2) is 30.5 Å². The first-order valence-corrected chi connectivity index (χ1v) is 8.92. The fraction of sp³-hybridized carbons (Fsp3) is 0.444. The molecule has 2 aromatic rings. The van der Waals surface area contributed by atoms with E-state index in [-0.39, 0.29) is 5.91 Å². The van der Waals surface area contributed by atoms with Gasteiger partial charge in [-0.2, -0.15) is 0 Å². The Bertz CT molecular complexity index is 711. The van der Waals surface area contributed by atoms with E-state index in [9.17, 15) is 4.79 Å². The highest BCUT2D eigenvalue weighted by molar-refractivity contribution is 5.94. The molecule has 0 aromatic carbocycles. The molecule has 0 unspecified atom stereocenters. The number of carbonyl (C=O) groups excluding carboxylic acids is 1. The van der Waals surface area contributed by atoms with E-state index >= 15 is 0 Å². The third kappa shape index (κ3) is 4.19. The molecule has 0 aliphatic carbocycles. The molecule has 0 spiro atoms. The lowest BCUT2D eigenvalue weighted by atomic mass is 10.2. The van der Waals surface area contributed by atoms with Crippen molar-refractivity contribution in [1.29, 1.82) is 0 Å². The quantitative estimate of drug-likeness (QED) is 0.843. The van der Waals surface area contributed by atoms with E-state index in [1.165, 1.54) is 0 Å². The van der Waals surface area contributed by atoms with Crippen molar-refractivity contribution in [3.63, 3.8) is 0 Å². The van der Waals surface area contributed by atoms with Crippen LogP contribution in [0.1, 0.15) is 24.2 Å². The van der Waals surface area contributed by atoms with Crippen molar-refractivity contribution < 1.29 is 9.53 Å². The first-order valence-electron chi connectivity index (χ1n) is 8.92. The third-order valence-electron chi connectivity index (χ3n) is 4.17. The molecular formula is C18H24N6O2. The molecule has 2 aromatic heterocycles. The topological polar surface area (TPSA) is 83.5 Å². The van der Waals surface area contributed by atoms with E-state index in [1.807, 2.05) is 30.9 Å². The van der Waals surface area contributed by atoms with Crippen LogP contribution in [0, 0.1) is 0 Å². The minimum atomic E-state index is -0.00576. The molecule has 26 heavy (non-hydrogen) atoms. The fourth-order valence-electron chi connectivity index (χ4n) is 2.83.